The summed E-state index contributed by atoms with van der Waals surface area (Å²) in [5.74, 6) is 0. The third kappa shape index (κ3) is 7.81. The van der Waals surface area contributed by atoms with Gasteiger partial charge in [-0.05, 0) is 12.8 Å². The molecule has 0 unspecified atom stereocenters. The van der Waals surface area contributed by atoms with E-state index in [9.17, 15) is 0 Å². The summed E-state index contributed by atoms with van der Waals surface area (Å²) in [4.78, 5) is 0. The van der Waals surface area contributed by atoms with Crippen LogP contribution in [0.25, 0.3) is 0 Å². The number of alkyl halides is 2. The predicted octanol–water partition coefficient (Wildman–Crippen LogP) is 4.93. The second kappa shape index (κ2) is 6.92. The number of hydrogen-bond acceptors (Lipinski definition) is 0. The fourth-order valence-electron chi connectivity index (χ4n) is 0.996. The Balaban J connectivity index is 3.43. The van der Waals surface area contributed by atoms with Crippen molar-refractivity contribution in [1.29, 1.82) is 0 Å². The van der Waals surface area contributed by atoms with Crippen LogP contribution in [0.3, 0.4) is 0 Å². The maximum Gasteiger partial charge on any atom is 0.0734 e. The molecule has 0 radical (unpaired) electrons. The summed E-state index contributed by atoms with van der Waals surface area (Å²) in [6.07, 6.45) is 8.19. The van der Waals surface area contributed by atoms with Gasteiger partial charge in [0.15, 0.2) is 0 Å². The molecule has 0 saturated heterocycles. The first-order valence-corrected chi connectivity index (χ1v) is 6.66. The Labute approximate surface area is 98.2 Å². The fourth-order valence-corrected chi connectivity index (χ4v) is 2.52. The molecule has 0 heterocycles. The van der Waals surface area contributed by atoms with E-state index in [4.69, 9.17) is 0 Å². The van der Waals surface area contributed by atoms with Gasteiger partial charge in [0.2, 0.25) is 0 Å². The van der Waals surface area contributed by atoms with Crippen LogP contribution in [-0.2, 0) is 0 Å². The lowest BCUT2D eigenvalue weighted by Crippen LogP contribution is -2.09. The lowest BCUT2D eigenvalue weighted by atomic mass is 10.1. The van der Waals surface area contributed by atoms with Gasteiger partial charge in [0, 0.05) is 0 Å². The van der Waals surface area contributed by atoms with Crippen LogP contribution in [0, 0.1) is 0 Å². The average molecular weight is 380 g/mol. The van der Waals surface area contributed by atoms with Gasteiger partial charge in [0.1, 0.15) is 0 Å². The highest BCUT2D eigenvalue weighted by Crippen LogP contribution is 2.38. The standard InChI is InChI=1S/C9H18I2/c1-3-5-7-9(10,11)8-6-4-2/h3-8H2,1-2H3. The van der Waals surface area contributed by atoms with Gasteiger partial charge in [-0.25, -0.2) is 0 Å². The Hall–Kier alpha value is 1.46. The summed E-state index contributed by atoms with van der Waals surface area (Å²) in [6.45, 7) is 4.53. The molecule has 11 heavy (non-hydrogen) atoms. The maximum atomic E-state index is 2.61. The number of halogens is 2. The Morgan fingerprint density at radius 3 is 1.55 bits per heavy atom. The van der Waals surface area contributed by atoms with Crippen molar-refractivity contribution in [2.75, 3.05) is 0 Å². The van der Waals surface area contributed by atoms with Crippen molar-refractivity contribution >= 4 is 45.2 Å². The van der Waals surface area contributed by atoms with E-state index in [-0.39, 0.29) is 0 Å². The molecule has 0 nitrogen and oxygen atoms in total. The Bertz CT molecular complexity index is 79.6. The van der Waals surface area contributed by atoms with E-state index in [1.807, 2.05) is 0 Å². The largest absolute Gasteiger partial charge is 0.0734 e. The van der Waals surface area contributed by atoms with Gasteiger partial charge in [-0.1, -0.05) is 84.7 Å². The highest BCUT2D eigenvalue weighted by Gasteiger charge is 2.19. The molecule has 0 aromatic rings. The van der Waals surface area contributed by atoms with Gasteiger partial charge in [0.05, 0.1) is 1.43 Å². The van der Waals surface area contributed by atoms with Gasteiger partial charge in [-0.3, -0.25) is 0 Å². The topological polar surface area (TPSA) is 0 Å². The fraction of sp³-hybridized carbons (Fsp3) is 1.00. The van der Waals surface area contributed by atoms with E-state index in [2.05, 4.69) is 59.0 Å². The zero-order valence-corrected chi connectivity index (χ0v) is 11.8. The minimum absolute atomic E-state index is 0.543. The van der Waals surface area contributed by atoms with E-state index in [1.165, 1.54) is 38.5 Å². The molecular weight excluding hydrogens is 362 g/mol. The molecule has 0 spiro atoms. The minimum Gasteiger partial charge on any atom is -0.0672 e. The van der Waals surface area contributed by atoms with Crippen LogP contribution in [0.1, 0.15) is 52.4 Å². The third-order valence-corrected chi connectivity index (χ3v) is 3.95. The van der Waals surface area contributed by atoms with Crippen LogP contribution >= 0.6 is 45.2 Å². The lowest BCUT2D eigenvalue weighted by molar-refractivity contribution is 0.617. The summed E-state index contributed by atoms with van der Waals surface area (Å²) in [5, 5.41) is 0. The quantitative estimate of drug-likeness (QED) is 0.453. The van der Waals surface area contributed by atoms with Crippen molar-refractivity contribution in [3.63, 3.8) is 0 Å². The zero-order chi connectivity index (χ0) is 8.74. The zero-order valence-electron chi connectivity index (χ0n) is 7.50. The van der Waals surface area contributed by atoms with E-state index < -0.39 is 0 Å². The molecule has 0 aliphatic carbocycles. The monoisotopic (exact) mass is 380 g/mol. The molecule has 68 valence electrons. The molecule has 0 rings (SSSR count). The summed E-state index contributed by atoms with van der Waals surface area (Å²) >= 11 is 5.22. The molecule has 0 atom stereocenters. The van der Waals surface area contributed by atoms with Crippen LogP contribution < -0.4 is 0 Å². The number of hydrogen-bond donors (Lipinski definition) is 0. The van der Waals surface area contributed by atoms with Crippen LogP contribution in [0.4, 0.5) is 0 Å². The first kappa shape index (κ1) is 12.5. The number of unbranched alkanes of at least 4 members (excludes halogenated alkanes) is 2. The molecular formula is C9H18I2. The van der Waals surface area contributed by atoms with E-state index in [0.717, 1.165) is 0 Å². The molecule has 0 saturated carbocycles. The molecule has 0 fully saturated rings. The molecule has 0 bridgehead atoms. The van der Waals surface area contributed by atoms with Gasteiger partial charge in [-0.2, -0.15) is 0 Å². The van der Waals surface area contributed by atoms with Crippen LogP contribution in [0.2, 0.25) is 0 Å². The first-order chi connectivity index (χ1) is 5.12. The predicted molar refractivity (Wildman–Crippen MR) is 69.8 cm³/mol. The van der Waals surface area contributed by atoms with Crippen molar-refractivity contribution < 1.29 is 0 Å². The van der Waals surface area contributed by atoms with Gasteiger partial charge >= 0.3 is 0 Å². The Morgan fingerprint density at radius 2 is 1.27 bits per heavy atom. The molecule has 0 aliphatic heterocycles. The van der Waals surface area contributed by atoms with Crippen molar-refractivity contribution in [3.05, 3.63) is 0 Å². The van der Waals surface area contributed by atoms with Gasteiger partial charge < -0.3 is 0 Å². The van der Waals surface area contributed by atoms with Crippen LogP contribution in [0.15, 0.2) is 0 Å². The molecule has 0 N–H and O–H groups in total. The van der Waals surface area contributed by atoms with Crippen molar-refractivity contribution in [2.24, 2.45) is 0 Å². The third-order valence-electron chi connectivity index (χ3n) is 1.79. The minimum atomic E-state index is 0.543. The smallest absolute Gasteiger partial charge is 0.0672 e. The second-order valence-electron chi connectivity index (χ2n) is 3.06. The van der Waals surface area contributed by atoms with E-state index in [1.54, 1.807) is 0 Å². The van der Waals surface area contributed by atoms with Crippen LogP contribution in [0.5, 0.6) is 0 Å². The van der Waals surface area contributed by atoms with Gasteiger partial charge in [-0.15, -0.1) is 0 Å². The Morgan fingerprint density at radius 1 is 0.909 bits per heavy atom. The summed E-state index contributed by atoms with van der Waals surface area (Å²) < 4.78 is 0.543. The first-order valence-electron chi connectivity index (χ1n) is 4.50. The van der Waals surface area contributed by atoms with Crippen molar-refractivity contribution in [1.82, 2.24) is 0 Å². The molecule has 2 heteroatoms. The van der Waals surface area contributed by atoms with Crippen LogP contribution in [-0.4, -0.2) is 1.43 Å². The van der Waals surface area contributed by atoms with Crippen molar-refractivity contribution in [3.8, 4) is 0 Å². The maximum absolute atomic E-state index is 2.61. The average Bonchev–Trinajstić information content (AvgIpc) is 1.97. The molecule has 0 aromatic carbocycles. The highest BCUT2D eigenvalue weighted by atomic mass is 127. The van der Waals surface area contributed by atoms with E-state index >= 15 is 0 Å². The summed E-state index contributed by atoms with van der Waals surface area (Å²) in [5.41, 5.74) is 0. The second-order valence-corrected chi connectivity index (χ2v) is 9.26. The summed E-state index contributed by atoms with van der Waals surface area (Å²) in [6, 6.07) is 0. The Kier molecular flexibility index (Phi) is 7.84. The lowest BCUT2D eigenvalue weighted by Gasteiger charge is -2.19. The van der Waals surface area contributed by atoms with E-state index in [0.29, 0.717) is 1.43 Å². The normalized spacial score (nSPS) is 12.0. The summed E-state index contributed by atoms with van der Waals surface area (Å²) in [7, 11) is 0. The molecule has 0 aromatic heterocycles. The van der Waals surface area contributed by atoms with Crippen molar-refractivity contribution in [2.45, 2.75) is 53.8 Å². The number of rotatable bonds is 6. The van der Waals surface area contributed by atoms with Gasteiger partial charge in [0.25, 0.3) is 0 Å². The highest BCUT2D eigenvalue weighted by molar-refractivity contribution is 14.2. The molecule has 0 aliphatic rings. The SMILES string of the molecule is CCCCC(I)(I)CCCC. The molecule has 0 amide bonds.